The maximum absolute atomic E-state index is 12.2. The van der Waals surface area contributed by atoms with E-state index in [9.17, 15) is 9.59 Å². The summed E-state index contributed by atoms with van der Waals surface area (Å²) in [6, 6.07) is 17.0. The smallest absolute Gasteiger partial charge is 0.271 e. The first-order valence-electron chi connectivity index (χ1n) is 9.93. The third-order valence-corrected chi connectivity index (χ3v) is 5.27. The van der Waals surface area contributed by atoms with E-state index < -0.39 is 0 Å². The van der Waals surface area contributed by atoms with E-state index >= 15 is 0 Å². The molecule has 0 aliphatic carbocycles. The molecule has 0 saturated heterocycles. The van der Waals surface area contributed by atoms with Crippen molar-refractivity contribution >= 4 is 51.2 Å². The van der Waals surface area contributed by atoms with Gasteiger partial charge in [0.05, 0.1) is 25.5 Å². The van der Waals surface area contributed by atoms with Gasteiger partial charge in [-0.15, -0.1) is 0 Å². The van der Waals surface area contributed by atoms with Gasteiger partial charge in [0.2, 0.25) is 0 Å². The number of nitrogens with one attached hydrogen (secondary N) is 2. The number of nitrogens with zero attached hydrogens (tertiary/aromatic N) is 1. The first-order valence-corrected chi connectivity index (χ1v) is 11.1. The Morgan fingerprint density at radius 1 is 1.03 bits per heavy atom. The third kappa shape index (κ3) is 6.97. The average molecular weight is 547 g/mol. The minimum absolute atomic E-state index is 0.213. The molecule has 3 aromatic carbocycles. The first kappa shape index (κ1) is 25.1. The SMILES string of the molecule is COc1ccc(NC(=O)COc2c(Cl)cc(/C=N/NC(=O)c3ccc(Br)cc3)cc2OC)cc1. The molecule has 176 valence electrons. The second kappa shape index (κ2) is 12.1. The number of benzene rings is 3. The number of hydrogen-bond acceptors (Lipinski definition) is 6. The maximum atomic E-state index is 12.2. The van der Waals surface area contributed by atoms with Crippen LogP contribution in [0.4, 0.5) is 5.69 Å². The molecule has 2 N–H and O–H groups in total. The molecule has 34 heavy (non-hydrogen) atoms. The van der Waals surface area contributed by atoms with Gasteiger partial charge >= 0.3 is 0 Å². The largest absolute Gasteiger partial charge is 0.497 e. The lowest BCUT2D eigenvalue weighted by molar-refractivity contribution is -0.118. The summed E-state index contributed by atoms with van der Waals surface area (Å²) in [7, 11) is 3.02. The zero-order valence-corrected chi connectivity index (χ0v) is 20.6. The molecule has 3 rings (SSSR count). The summed E-state index contributed by atoms with van der Waals surface area (Å²) in [5.74, 6) is 0.479. The highest BCUT2D eigenvalue weighted by molar-refractivity contribution is 9.10. The summed E-state index contributed by atoms with van der Waals surface area (Å²) in [4.78, 5) is 24.4. The molecule has 0 spiro atoms. The normalized spacial score (nSPS) is 10.6. The summed E-state index contributed by atoms with van der Waals surface area (Å²) in [6.07, 6.45) is 1.42. The molecule has 0 radical (unpaired) electrons. The van der Waals surface area contributed by atoms with Crippen molar-refractivity contribution in [3.05, 3.63) is 81.3 Å². The van der Waals surface area contributed by atoms with E-state index in [-0.39, 0.29) is 29.2 Å². The maximum Gasteiger partial charge on any atom is 0.271 e. The summed E-state index contributed by atoms with van der Waals surface area (Å²) < 4.78 is 16.9. The fourth-order valence-corrected chi connectivity index (χ4v) is 3.33. The Bertz CT molecular complexity index is 1180. The van der Waals surface area contributed by atoms with Crippen molar-refractivity contribution in [3.8, 4) is 17.2 Å². The lowest BCUT2D eigenvalue weighted by Crippen LogP contribution is -2.20. The van der Waals surface area contributed by atoms with Gasteiger partial charge in [0.25, 0.3) is 11.8 Å². The van der Waals surface area contributed by atoms with Gasteiger partial charge in [-0.05, 0) is 66.2 Å². The van der Waals surface area contributed by atoms with E-state index in [0.29, 0.717) is 28.3 Å². The number of amides is 2. The van der Waals surface area contributed by atoms with Crippen LogP contribution in [0.15, 0.2) is 70.2 Å². The minimum Gasteiger partial charge on any atom is -0.497 e. The molecule has 0 unspecified atom stereocenters. The van der Waals surface area contributed by atoms with Gasteiger partial charge in [-0.2, -0.15) is 5.10 Å². The number of carbonyl (C=O) groups is 2. The van der Waals surface area contributed by atoms with Crippen molar-refractivity contribution in [2.24, 2.45) is 5.10 Å². The lowest BCUT2D eigenvalue weighted by atomic mass is 10.2. The van der Waals surface area contributed by atoms with E-state index in [0.717, 1.165) is 4.47 Å². The van der Waals surface area contributed by atoms with Crippen LogP contribution in [0.3, 0.4) is 0 Å². The van der Waals surface area contributed by atoms with E-state index in [1.54, 1.807) is 67.8 Å². The summed E-state index contributed by atoms with van der Waals surface area (Å²) in [5, 5.41) is 6.89. The average Bonchev–Trinajstić information content (AvgIpc) is 2.84. The van der Waals surface area contributed by atoms with E-state index in [4.69, 9.17) is 25.8 Å². The molecular weight excluding hydrogens is 526 g/mol. The summed E-state index contributed by atoms with van der Waals surface area (Å²) in [5.41, 5.74) is 4.08. The first-order chi connectivity index (χ1) is 16.4. The number of hydrazone groups is 1. The fraction of sp³-hybridized carbons (Fsp3) is 0.125. The van der Waals surface area contributed by atoms with Gasteiger partial charge in [-0.3, -0.25) is 9.59 Å². The number of halogens is 2. The van der Waals surface area contributed by atoms with Crippen molar-refractivity contribution < 1.29 is 23.8 Å². The number of carbonyl (C=O) groups excluding carboxylic acids is 2. The number of anilines is 1. The Kier molecular flexibility index (Phi) is 8.89. The quantitative estimate of drug-likeness (QED) is 0.294. The van der Waals surface area contributed by atoms with Gasteiger partial charge in [0.1, 0.15) is 5.75 Å². The number of rotatable bonds is 9. The zero-order chi connectivity index (χ0) is 24.5. The van der Waals surface area contributed by atoms with Crippen molar-refractivity contribution in [1.29, 1.82) is 0 Å². The number of ether oxygens (including phenoxy) is 3. The number of methoxy groups -OCH3 is 2. The Balaban J connectivity index is 1.60. The van der Waals surface area contributed by atoms with Crippen molar-refractivity contribution in [1.82, 2.24) is 5.43 Å². The van der Waals surface area contributed by atoms with E-state index in [1.807, 2.05) is 0 Å². The van der Waals surface area contributed by atoms with Gasteiger partial charge < -0.3 is 19.5 Å². The molecule has 0 heterocycles. The van der Waals surface area contributed by atoms with Gasteiger partial charge in [0.15, 0.2) is 18.1 Å². The third-order valence-electron chi connectivity index (χ3n) is 4.46. The van der Waals surface area contributed by atoms with Crippen molar-refractivity contribution in [2.45, 2.75) is 0 Å². The second-order valence-corrected chi connectivity index (χ2v) is 8.13. The lowest BCUT2D eigenvalue weighted by Gasteiger charge is -2.13. The Labute approximate surface area is 210 Å². The minimum atomic E-state index is -0.371. The highest BCUT2D eigenvalue weighted by Gasteiger charge is 2.14. The highest BCUT2D eigenvalue weighted by atomic mass is 79.9. The molecular formula is C24H21BrClN3O5. The zero-order valence-electron chi connectivity index (χ0n) is 18.3. The summed E-state index contributed by atoms with van der Waals surface area (Å²) >= 11 is 9.66. The standard InChI is InChI=1S/C24H21BrClN3O5/c1-32-19-9-7-18(8-10-19)28-22(30)14-34-23-20(26)11-15(12-21(23)33-2)13-27-29-24(31)16-3-5-17(25)6-4-16/h3-13H,14H2,1-2H3,(H,28,30)(H,29,31)/b27-13+. The van der Waals surface area contributed by atoms with Crippen LogP contribution in [0.5, 0.6) is 17.2 Å². The van der Waals surface area contributed by atoms with E-state index in [1.165, 1.54) is 13.3 Å². The van der Waals surface area contributed by atoms with Crippen molar-refractivity contribution in [2.75, 3.05) is 26.1 Å². The van der Waals surface area contributed by atoms with Crippen LogP contribution in [0, 0.1) is 0 Å². The molecule has 0 saturated carbocycles. The molecule has 0 aromatic heterocycles. The molecule has 0 fully saturated rings. The molecule has 3 aromatic rings. The highest BCUT2D eigenvalue weighted by Crippen LogP contribution is 2.36. The van der Waals surface area contributed by atoms with Crippen LogP contribution in [0.1, 0.15) is 15.9 Å². The second-order valence-electron chi connectivity index (χ2n) is 6.81. The molecule has 0 bridgehead atoms. The molecule has 10 heteroatoms. The van der Waals surface area contributed by atoms with Crippen LogP contribution in [-0.4, -0.2) is 38.9 Å². The molecule has 0 aliphatic rings. The predicted octanol–water partition coefficient (Wildman–Crippen LogP) is 4.90. The topological polar surface area (TPSA) is 98.3 Å². The monoisotopic (exact) mass is 545 g/mol. The van der Waals surface area contributed by atoms with Gasteiger partial charge in [-0.25, -0.2) is 5.43 Å². The van der Waals surface area contributed by atoms with Crippen LogP contribution >= 0.6 is 27.5 Å². The van der Waals surface area contributed by atoms with Crippen LogP contribution in [0.2, 0.25) is 5.02 Å². The Hall–Kier alpha value is -3.56. The van der Waals surface area contributed by atoms with Gasteiger partial charge in [-0.1, -0.05) is 27.5 Å². The summed E-state index contributed by atoms with van der Waals surface area (Å²) in [6.45, 7) is -0.279. The predicted molar refractivity (Wildman–Crippen MR) is 134 cm³/mol. The molecule has 0 atom stereocenters. The molecule has 8 nitrogen and oxygen atoms in total. The number of hydrogen-bond donors (Lipinski definition) is 2. The molecule has 0 aliphatic heterocycles. The Morgan fingerprint density at radius 3 is 2.38 bits per heavy atom. The fourth-order valence-electron chi connectivity index (χ4n) is 2.79. The Morgan fingerprint density at radius 2 is 1.74 bits per heavy atom. The van der Waals surface area contributed by atoms with Gasteiger partial charge in [0, 0.05) is 15.7 Å². The van der Waals surface area contributed by atoms with Crippen LogP contribution in [0.25, 0.3) is 0 Å². The molecule has 2 amide bonds. The van der Waals surface area contributed by atoms with Crippen LogP contribution in [-0.2, 0) is 4.79 Å². The van der Waals surface area contributed by atoms with E-state index in [2.05, 4.69) is 31.8 Å². The van der Waals surface area contributed by atoms with Crippen molar-refractivity contribution in [3.63, 3.8) is 0 Å². The van der Waals surface area contributed by atoms with Crippen LogP contribution < -0.4 is 25.0 Å².